The van der Waals surface area contributed by atoms with Gasteiger partial charge in [-0.3, -0.25) is 4.79 Å². The molecule has 0 spiro atoms. The van der Waals surface area contributed by atoms with Crippen LogP contribution in [0, 0.1) is 6.92 Å². The SMILES string of the molecule is Cc1ccc(N)c(C(=O)NC(C)c2ccc(Cl)c(Cl)c2)c1. The molecule has 2 aromatic carbocycles. The van der Waals surface area contributed by atoms with Crippen molar-refractivity contribution in [1.29, 1.82) is 0 Å². The zero-order valence-corrected chi connectivity index (χ0v) is 13.3. The van der Waals surface area contributed by atoms with Crippen molar-refractivity contribution in [3.8, 4) is 0 Å². The molecular formula is C16H16Cl2N2O. The fraction of sp³-hybridized carbons (Fsp3) is 0.188. The third kappa shape index (κ3) is 3.69. The van der Waals surface area contributed by atoms with Crippen LogP contribution in [0.2, 0.25) is 10.0 Å². The van der Waals surface area contributed by atoms with Gasteiger partial charge in [-0.1, -0.05) is 40.9 Å². The number of hydrogen-bond acceptors (Lipinski definition) is 2. The van der Waals surface area contributed by atoms with Crippen molar-refractivity contribution in [2.24, 2.45) is 0 Å². The smallest absolute Gasteiger partial charge is 0.253 e. The number of carbonyl (C=O) groups excluding carboxylic acids is 1. The third-order valence-electron chi connectivity index (χ3n) is 3.24. The fourth-order valence-corrected chi connectivity index (χ4v) is 2.31. The molecule has 0 saturated carbocycles. The molecule has 3 N–H and O–H groups in total. The monoisotopic (exact) mass is 322 g/mol. The van der Waals surface area contributed by atoms with E-state index in [0.29, 0.717) is 21.3 Å². The third-order valence-corrected chi connectivity index (χ3v) is 3.98. The summed E-state index contributed by atoms with van der Waals surface area (Å²) in [6.45, 7) is 3.79. The summed E-state index contributed by atoms with van der Waals surface area (Å²) in [7, 11) is 0. The number of halogens is 2. The molecule has 0 aromatic heterocycles. The van der Waals surface area contributed by atoms with Gasteiger partial charge in [0.2, 0.25) is 0 Å². The predicted molar refractivity (Wildman–Crippen MR) is 87.9 cm³/mol. The zero-order chi connectivity index (χ0) is 15.6. The molecule has 0 fully saturated rings. The zero-order valence-electron chi connectivity index (χ0n) is 11.8. The quantitative estimate of drug-likeness (QED) is 0.824. The van der Waals surface area contributed by atoms with Crippen LogP contribution in [0.3, 0.4) is 0 Å². The van der Waals surface area contributed by atoms with Crippen molar-refractivity contribution in [3.05, 3.63) is 63.1 Å². The van der Waals surface area contributed by atoms with Crippen molar-refractivity contribution >= 4 is 34.8 Å². The predicted octanol–water partition coefficient (Wildman–Crippen LogP) is 4.38. The summed E-state index contributed by atoms with van der Waals surface area (Å²) in [5.41, 5.74) is 8.64. The number of rotatable bonds is 3. The normalized spacial score (nSPS) is 12.0. The lowest BCUT2D eigenvalue weighted by molar-refractivity contribution is 0.0940. The Kier molecular flexibility index (Phi) is 4.76. The molecule has 0 aliphatic rings. The first-order chi connectivity index (χ1) is 9.88. The Morgan fingerprint density at radius 3 is 2.52 bits per heavy atom. The topological polar surface area (TPSA) is 55.1 Å². The first-order valence-electron chi connectivity index (χ1n) is 6.50. The van der Waals surface area contributed by atoms with Crippen LogP contribution in [0.5, 0.6) is 0 Å². The molecular weight excluding hydrogens is 307 g/mol. The van der Waals surface area contributed by atoms with Gasteiger partial charge in [0.05, 0.1) is 21.7 Å². The highest BCUT2D eigenvalue weighted by molar-refractivity contribution is 6.42. The summed E-state index contributed by atoms with van der Waals surface area (Å²) in [6, 6.07) is 10.5. The van der Waals surface area contributed by atoms with Gasteiger partial charge in [-0.15, -0.1) is 0 Å². The number of hydrogen-bond donors (Lipinski definition) is 2. The summed E-state index contributed by atoms with van der Waals surface area (Å²) >= 11 is 11.9. The Morgan fingerprint density at radius 1 is 1.14 bits per heavy atom. The highest BCUT2D eigenvalue weighted by atomic mass is 35.5. The Bertz CT molecular complexity index is 686. The second-order valence-corrected chi connectivity index (χ2v) is 5.77. The minimum absolute atomic E-state index is 0.202. The number of benzene rings is 2. The molecule has 21 heavy (non-hydrogen) atoms. The molecule has 0 saturated heterocycles. The molecule has 3 nitrogen and oxygen atoms in total. The van der Waals surface area contributed by atoms with Gasteiger partial charge < -0.3 is 11.1 Å². The van der Waals surface area contributed by atoms with Crippen LogP contribution in [0.1, 0.15) is 34.5 Å². The van der Waals surface area contributed by atoms with E-state index in [1.807, 2.05) is 26.0 Å². The fourth-order valence-electron chi connectivity index (χ4n) is 2.01. The Morgan fingerprint density at radius 2 is 1.86 bits per heavy atom. The van der Waals surface area contributed by atoms with Crippen molar-refractivity contribution in [2.75, 3.05) is 5.73 Å². The van der Waals surface area contributed by atoms with E-state index >= 15 is 0 Å². The summed E-state index contributed by atoms with van der Waals surface area (Å²) in [6.07, 6.45) is 0. The minimum Gasteiger partial charge on any atom is -0.398 e. The van der Waals surface area contributed by atoms with Gasteiger partial charge in [-0.2, -0.15) is 0 Å². The van der Waals surface area contributed by atoms with Crippen molar-refractivity contribution in [3.63, 3.8) is 0 Å². The lowest BCUT2D eigenvalue weighted by Crippen LogP contribution is -2.27. The standard InChI is InChI=1S/C16H16Cl2N2O/c1-9-3-6-15(19)12(7-9)16(21)20-10(2)11-4-5-13(17)14(18)8-11/h3-8,10H,19H2,1-2H3,(H,20,21). The summed E-state index contributed by atoms with van der Waals surface area (Å²) in [5, 5.41) is 3.86. The van der Waals surface area contributed by atoms with E-state index in [2.05, 4.69) is 5.32 Å². The van der Waals surface area contributed by atoms with E-state index in [-0.39, 0.29) is 11.9 Å². The lowest BCUT2D eigenvalue weighted by atomic mass is 10.1. The van der Waals surface area contributed by atoms with E-state index < -0.39 is 0 Å². The van der Waals surface area contributed by atoms with E-state index in [9.17, 15) is 4.79 Å². The molecule has 0 heterocycles. The maximum atomic E-state index is 12.3. The highest BCUT2D eigenvalue weighted by Crippen LogP contribution is 2.26. The molecule has 2 aromatic rings. The van der Waals surface area contributed by atoms with Gasteiger partial charge in [-0.05, 0) is 43.7 Å². The minimum atomic E-state index is -0.213. The van der Waals surface area contributed by atoms with Gasteiger partial charge in [0.15, 0.2) is 0 Å². The van der Waals surface area contributed by atoms with Crippen LogP contribution in [0.4, 0.5) is 5.69 Å². The molecule has 5 heteroatoms. The van der Waals surface area contributed by atoms with Crippen LogP contribution in [-0.2, 0) is 0 Å². The van der Waals surface area contributed by atoms with Crippen molar-refractivity contribution < 1.29 is 4.79 Å². The van der Waals surface area contributed by atoms with Crippen LogP contribution >= 0.6 is 23.2 Å². The number of nitrogens with one attached hydrogen (secondary N) is 1. The number of aryl methyl sites for hydroxylation is 1. The summed E-state index contributed by atoms with van der Waals surface area (Å²) < 4.78 is 0. The molecule has 0 aliphatic heterocycles. The largest absolute Gasteiger partial charge is 0.398 e. The van der Waals surface area contributed by atoms with E-state index in [1.165, 1.54) is 0 Å². The molecule has 1 atom stereocenters. The van der Waals surface area contributed by atoms with Gasteiger partial charge in [0, 0.05) is 5.69 Å². The van der Waals surface area contributed by atoms with Gasteiger partial charge in [-0.25, -0.2) is 0 Å². The molecule has 1 amide bonds. The first-order valence-corrected chi connectivity index (χ1v) is 7.26. The van der Waals surface area contributed by atoms with Crippen LogP contribution in [0.25, 0.3) is 0 Å². The maximum absolute atomic E-state index is 12.3. The Hall–Kier alpha value is -1.71. The molecule has 0 bridgehead atoms. The Balaban J connectivity index is 2.18. The van der Waals surface area contributed by atoms with Gasteiger partial charge >= 0.3 is 0 Å². The molecule has 2 rings (SSSR count). The average Bonchev–Trinajstić information content (AvgIpc) is 2.44. The van der Waals surface area contributed by atoms with Crippen LogP contribution in [0.15, 0.2) is 36.4 Å². The second kappa shape index (κ2) is 6.37. The highest BCUT2D eigenvalue weighted by Gasteiger charge is 2.14. The lowest BCUT2D eigenvalue weighted by Gasteiger charge is -2.16. The summed E-state index contributed by atoms with van der Waals surface area (Å²) in [4.78, 5) is 12.3. The van der Waals surface area contributed by atoms with Crippen molar-refractivity contribution in [1.82, 2.24) is 5.32 Å². The number of anilines is 1. The van der Waals surface area contributed by atoms with E-state index in [4.69, 9.17) is 28.9 Å². The van der Waals surface area contributed by atoms with Crippen LogP contribution < -0.4 is 11.1 Å². The molecule has 1 unspecified atom stereocenters. The molecule has 0 aliphatic carbocycles. The van der Waals surface area contributed by atoms with Gasteiger partial charge in [0.25, 0.3) is 5.91 Å². The number of carbonyl (C=O) groups is 1. The first kappa shape index (κ1) is 15.7. The molecule has 0 radical (unpaired) electrons. The Labute approximate surface area is 134 Å². The van der Waals surface area contributed by atoms with Crippen LogP contribution in [-0.4, -0.2) is 5.91 Å². The van der Waals surface area contributed by atoms with E-state index in [1.54, 1.807) is 24.3 Å². The second-order valence-electron chi connectivity index (χ2n) is 4.96. The summed E-state index contributed by atoms with van der Waals surface area (Å²) in [5.74, 6) is -0.213. The number of nitrogen functional groups attached to an aromatic ring is 1. The number of nitrogens with two attached hydrogens (primary N) is 1. The van der Waals surface area contributed by atoms with E-state index in [0.717, 1.165) is 11.1 Å². The van der Waals surface area contributed by atoms with Crippen molar-refractivity contribution in [2.45, 2.75) is 19.9 Å². The molecule has 110 valence electrons. The number of amides is 1. The maximum Gasteiger partial charge on any atom is 0.253 e. The average molecular weight is 323 g/mol. The van der Waals surface area contributed by atoms with Gasteiger partial charge in [0.1, 0.15) is 0 Å².